The SMILES string of the molecule is NCCc1ccc(NS(=O)(=O)c2ccc(Br)cc2)cc1. The molecule has 2 aromatic rings. The van der Waals surface area contributed by atoms with Gasteiger partial charge in [-0.2, -0.15) is 0 Å². The van der Waals surface area contributed by atoms with Crippen molar-refractivity contribution in [3.05, 3.63) is 58.6 Å². The van der Waals surface area contributed by atoms with Crippen LogP contribution >= 0.6 is 15.9 Å². The Bertz CT molecular complexity index is 667. The minimum absolute atomic E-state index is 0.228. The van der Waals surface area contributed by atoms with Gasteiger partial charge >= 0.3 is 0 Å². The number of rotatable bonds is 5. The monoisotopic (exact) mass is 354 g/mol. The van der Waals surface area contributed by atoms with Crippen molar-refractivity contribution in [2.75, 3.05) is 11.3 Å². The summed E-state index contributed by atoms with van der Waals surface area (Å²) in [6.07, 6.45) is 0.778. The van der Waals surface area contributed by atoms with Crippen molar-refractivity contribution in [1.29, 1.82) is 0 Å². The van der Waals surface area contributed by atoms with Crippen LogP contribution in [0.3, 0.4) is 0 Å². The van der Waals surface area contributed by atoms with Gasteiger partial charge in [0.05, 0.1) is 4.90 Å². The van der Waals surface area contributed by atoms with Gasteiger partial charge in [0, 0.05) is 10.2 Å². The smallest absolute Gasteiger partial charge is 0.261 e. The molecule has 6 heteroatoms. The Morgan fingerprint density at radius 3 is 2.15 bits per heavy atom. The fraction of sp³-hybridized carbons (Fsp3) is 0.143. The predicted octanol–water partition coefficient (Wildman–Crippen LogP) is 2.75. The number of hydrogen-bond donors (Lipinski definition) is 2. The number of nitrogens with one attached hydrogen (secondary N) is 1. The van der Waals surface area contributed by atoms with Gasteiger partial charge in [0.15, 0.2) is 0 Å². The summed E-state index contributed by atoms with van der Waals surface area (Å²) in [5.74, 6) is 0. The van der Waals surface area contributed by atoms with Gasteiger partial charge in [-0.05, 0) is 54.9 Å². The molecule has 0 amide bonds. The predicted molar refractivity (Wildman–Crippen MR) is 84.2 cm³/mol. The van der Waals surface area contributed by atoms with Gasteiger partial charge in [-0.25, -0.2) is 8.42 Å². The first-order valence-corrected chi connectivity index (χ1v) is 8.36. The summed E-state index contributed by atoms with van der Waals surface area (Å²) in [6, 6.07) is 13.7. The van der Waals surface area contributed by atoms with Crippen molar-refractivity contribution >= 4 is 31.6 Å². The normalized spacial score (nSPS) is 11.3. The van der Waals surface area contributed by atoms with Crippen LogP contribution in [0.5, 0.6) is 0 Å². The van der Waals surface area contributed by atoms with Gasteiger partial charge in [0.1, 0.15) is 0 Å². The van der Waals surface area contributed by atoms with E-state index in [1.807, 2.05) is 12.1 Å². The lowest BCUT2D eigenvalue weighted by Gasteiger charge is -2.09. The zero-order valence-corrected chi connectivity index (χ0v) is 13.1. The van der Waals surface area contributed by atoms with Crippen molar-refractivity contribution in [3.63, 3.8) is 0 Å². The number of nitrogens with two attached hydrogens (primary N) is 1. The summed E-state index contributed by atoms with van der Waals surface area (Å²) in [4.78, 5) is 0.228. The van der Waals surface area contributed by atoms with E-state index in [1.54, 1.807) is 36.4 Å². The van der Waals surface area contributed by atoms with Crippen LogP contribution in [0.15, 0.2) is 57.9 Å². The van der Waals surface area contributed by atoms with Crippen molar-refractivity contribution in [3.8, 4) is 0 Å². The average Bonchev–Trinajstić information content (AvgIpc) is 2.41. The van der Waals surface area contributed by atoms with Crippen LogP contribution in [-0.4, -0.2) is 15.0 Å². The Balaban J connectivity index is 2.17. The second kappa shape index (κ2) is 6.39. The third-order valence-electron chi connectivity index (χ3n) is 2.76. The van der Waals surface area contributed by atoms with Crippen LogP contribution in [0.1, 0.15) is 5.56 Å². The van der Waals surface area contributed by atoms with Gasteiger partial charge < -0.3 is 5.73 Å². The second-order valence-electron chi connectivity index (χ2n) is 4.30. The molecule has 0 aliphatic carbocycles. The number of benzene rings is 2. The minimum atomic E-state index is -3.55. The highest BCUT2D eigenvalue weighted by molar-refractivity contribution is 9.10. The van der Waals surface area contributed by atoms with Crippen LogP contribution in [0.25, 0.3) is 0 Å². The summed E-state index contributed by atoms with van der Waals surface area (Å²) in [7, 11) is -3.55. The number of hydrogen-bond acceptors (Lipinski definition) is 3. The van der Waals surface area contributed by atoms with E-state index in [1.165, 1.54) is 0 Å². The second-order valence-corrected chi connectivity index (χ2v) is 6.89. The summed E-state index contributed by atoms with van der Waals surface area (Å²) in [6.45, 7) is 0.573. The maximum atomic E-state index is 12.2. The largest absolute Gasteiger partial charge is 0.330 e. The molecule has 0 spiro atoms. The molecule has 0 bridgehead atoms. The first-order chi connectivity index (χ1) is 9.51. The summed E-state index contributed by atoms with van der Waals surface area (Å²) < 4.78 is 27.7. The maximum Gasteiger partial charge on any atom is 0.261 e. The molecule has 20 heavy (non-hydrogen) atoms. The molecule has 0 aliphatic heterocycles. The molecule has 0 saturated carbocycles. The molecule has 0 atom stereocenters. The highest BCUT2D eigenvalue weighted by Gasteiger charge is 2.13. The summed E-state index contributed by atoms with van der Waals surface area (Å²) in [5.41, 5.74) is 7.09. The average molecular weight is 355 g/mol. The summed E-state index contributed by atoms with van der Waals surface area (Å²) >= 11 is 3.28. The minimum Gasteiger partial charge on any atom is -0.330 e. The van der Waals surface area contributed by atoms with Crippen molar-refractivity contribution in [2.24, 2.45) is 5.73 Å². The lowest BCUT2D eigenvalue weighted by molar-refractivity contribution is 0.601. The molecule has 0 heterocycles. The van der Waals surface area contributed by atoms with E-state index < -0.39 is 10.0 Å². The van der Waals surface area contributed by atoms with Crippen molar-refractivity contribution in [2.45, 2.75) is 11.3 Å². The summed E-state index contributed by atoms with van der Waals surface area (Å²) in [5, 5.41) is 0. The third kappa shape index (κ3) is 3.82. The Morgan fingerprint density at radius 2 is 1.60 bits per heavy atom. The standard InChI is InChI=1S/C14H15BrN2O2S/c15-12-3-7-14(8-4-12)20(18,19)17-13-5-1-11(2-6-13)9-10-16/h1-8,17H,9-10,16H2. The number of anilines is 1. The molecule has 3 N–H and O–H groups in total. The molecule has 4 nitrogen and oxygen atoms in total. The molecular weight excluding hydrogens is 340 g/mol. The van der Waals surface area contributed by atoms with E-state index >= 15 is 0 Å². The first-order valence-electron chi connectivity index (χ1n) is 6.09. The van der Waals surface area contributed by atoms with E-state index in [0.717, 1.165) is 16.5 Å². The molecule has 0 saturated heterocycles. The molecule has 0 aliphatic rings. The zero-order valence-electron chi connectivity index (χ0n) is 10.7. The molecule has 0 fully saturated rings. The van der Waals surface area contributed by atoms with E-state index in [-0.39, 0.29) is 4.90 Å². The van der Waals surface area contributed by atoms with Gasteiger partial charge in [0.25, 0.3) is 10.0 Å². The van der Waals surface area contributed by atoms with Gasteiger partial charge in [-0.3, -0.25) is 4.72 Å². The van der Waals surface area contributed by atoms with Crippen LogP contribution in [0, 0.1) is 0 Å². The zero-order chi connectivity index (χ0) is 14.6. The van der Waals surface area contributed by atoms with Crippen molar-refractivity contribution < 1.29 is 8.42 Å². The van der Waals surface area contributed by atoms with Gasteiger partial charge in [0.2, 0.25) is 0 Å². The van der Waals surface area contributed by atoms with Crippen LogP contribution in [0.4, 0.5) is 5.69 Å². The molecule has 0 unspecified atom stereocenters. The fourth-order valence-electron chi connectivity index (χ4n) is 1.73. The highest BCUT2D eigenvalue weighted by Crippen LogP contribution is 2.19. The Labute approximate surface area is 127 Å². The van der Waals surface area contributed by atoms with Crippen LogP contribution < -0.4 is 10.5 Å². The molecule has 0 aromatic heterocycles. The van der Waals surface area contributed by atoms with Crippen LogP contribution in [-0.2, 0) is 16.4 Å². The van der Waals surface area contributed by atoms with E-state index in [4.69, 9.17) is 5.73 Å². The quantitative estimate of drug-likeness (QED) is 0.866. The van der Waals surface area contributed by atoms with Gasteiger partial charge in [-0.15, -0.1) is 0 Å². The Hall–Kier alpha value is -1.37. The lowest BCUT2D eigenvalue weighted by Crippen LogP contribution is -2.12. The maximum absolute atomic E-state index is 12.2. The number of sulfonamides is 1. The van der Waals surface area contributed by atoms with Gasteiger partial charge in [-0.1, -0.05) is 28.1 Å². The Morgan fingerprint density at radius 1 is 1.00 bits per heavy atom. The number of halogens is 1. The third-order valence-corrected chi connectivity index (χ3v) is 4.69. The molecule has 2 rings (SSSR count). The first kappa shape index (κ1) is 15.0. The fourth-order valence-corrected chi connectivity index (χ4v) is 3.06. The topological polar surface area (TPSA) is 72.2 Å². The molecule has 0 radical (unpaired) electrons. The van der Waals surface area contributed by atoms with E-state index in [2.05, 4.69) is 20.7 Å². The molecule has 106 valence electrons. The molecule has 2 aromatic carbocycles. The van der Waals surface area contributed by atoms with E-state index in [0.29, 0.717) is 12.2 Å². The lowest BCUT2D eigenvalue weighted by atomic mass is 10.1. The molecular formula is C14H15BrN2O2S. The van der Waals surface area contributed by atoms with Crippen LogP contribution in [0.2, 0.25) is 0 Å². The van der Waals surface area contributed by atoms with Crippen molar-refractivity contribution in [1.82, 2.24) is 0 Å². The Kier molecular flexibility index (Phi) is 4.80. The highest BCUT2D eigenvalue weighted by atomic mass is 79.9. The van der Waals surface area contributed by atoms with E-state index in [9.17, 15) is 8.42 Å².